The summed E-state index contributed by atoms with van der Waals surface area (Å²) in [5, 5.41) is 12.8. The summed E-state index contributed by atoms with van der Waals surface area (Å²) < 4.78 is 13.1. The third kappa shape index (κ3) is 2.16. The molecule has 1 aromatic rings. The van der Waals surface area contributed by atoms with Crippen molar-refractivity contribution in [2.24, 2.45) is 0 Å². The molecule has 0 aromatic heterocycles. The summed E-state index contributed by atoms with van der Waals surface area (Å²) in [6.07, 6.45) is 0.514. The minimum Gasteiger partial charge on any atom is -0.505 e. The Morgan fingerprint density at radius 1 is 1.57 bits per heavy atom. The molecule has 1 aromatic carbocycles. The van der Waals surface area contributed by atoms with Crippen molar-refractivity contribution in [1.29, 1.82) is 0 Å². The minimum absolute atomic E-state index is 0.337. The van der Waals surface area contributed by atoms with Crippen LogP contribution >= 0.6 is 11.6 Å². The van der Waals surface area contributed by atoms with Gasteiger partial charge in [-0.15, -0.1) is 0 Å². The van der Waals surface area contributed by atoms with Crippen molar-refractivity contribution in [3.63, 3.8) is 0 Å². The number of hydrogen-bond acceptors (Lipinski definition) is 2. The number of aryl methyl sites for hydroxylation is 1. The maximum Gasteiger partial charge on any atom is 0.165 e. The molecule has 78 valence electrons. The molecule has 0 atom stereocenters. The molecule has 0 radical (unpaired) electrons. The molecule has 14 heavy (non-hydrogen) atoms. The monoisotopic (exact) mass is 217 g/mol. The van der Waals surface area contributed by atoms with E-state index in [0.717, 1.165) is 0 Å². The van der Waals surface area contributed by atoms with Crippen molar-refractivity contribution >= 4 is 11.6 Å². The molecule has 0 fully saturated rings. The van der Waals surface area contributed by atoms with E-state index in [0.29, 0.717) is 29.1 Å². The predicted molar refractivity (Wildman–Crippen MR) is 55.4 cm³/mol. The van der Waals surface area contributed by atoms with Gasteiger partial charge < -0.3 is 10.4 Å². The minimum atomic E-state index is -0.613. The summed E-state index contributed by atoms with van der Waals surface area (Å²) >= 11 is 5.95. The van der Waals surface area contributed by atoms with Gasteiger partial charge in [0.2, 0.25) is 0 Å². The van der Waals surface area contributed by atoms with Gasteiger partial charge in [-0.05, 0) is 38.6 Å². The first-order valence-corrected chi connectivity index (χ1v) is 4.76. The van der Waals surface area contributed by atoms with Crippen LogP contribution in [-0.2, 0) is 6.42 Å². The van der Waals surface area contributed by atoms with Gasteiger partial charge in [0.05, 0.1) is 5.02 Å². The number of nitrogens with one attached hydrogen (secondary N) is 1. The topological polar surface area (TPSA) is 32.3 Å². The molecule has 0 spiro atoms. The van der Waals surface area contributed by atoms with E-state index in [9.17, 15) is 9.50 Å². The fourth-order valence-corrected chi connectivity index (χ4v) is 1.52. The number of likely N-dealkylation sites (N-methyl/N-ethyl adjacent to an activating group) is 1. The molecule has 0 aliphatic heterocycles. The third-order valence-electron chi connectivity index (χ3n) is 2.09. The lowest BCUT2D eigenvalue weighted by atomic mass is 10.1. The Balaban J connectivity index is 3.11. The largest absolute Gasteiger partial charge is 0.505 e. The Labute approximate surface area is 87.7 Å². The normalized spacial score (nSPS) is 10.6. The van der Waals surface area contributed by atoms with Crippen LogP contribution in [-0.4, -0.2) is 18.7 Å². The Morgan fingerprint density at radius 3 is 2.79 bits per heavy atom. The Bertz CT molecular complexity index is 315. The van der Waals surface area contributed by atoms with E-state index in [1.807, 2.05) is 0 Å². The summed E-state index contributed by atoms with van der Waals surface area (Å²) in [5.41, 5.74) is 1.12. The van der Waals surface area contributed by atoms with Crippen LogP contribution in [0.25, 0.3) is 0 Å². The summed E-state index contributed by atoms with van der Waals surface area (Å²) in [7, 11) is 1.79. The standard InChI is InChI=1S/C10H13ClFNO/c1-6-5-8(12)10(14)7(9(6)11)3-4-13-2/h5,13-14H,3-4H2,1-2H3. The van der Waals surface area contributed by atoms with E-state index in [1.165, 1.54) is 6.07 Å². The molecule has 0 bridgehead atoms. The van der Waals surface area contributed by atoms with Crippen molar-refractivity contribution in [2.75, 3.05) is 13.6 Å². The lowest BCUT2D eigenvalue weighted by molar-refractivity contribution is 0.425. The lowest BCUT2D eigenvalue weighted by Crippen LogP contribution is -2.11. The highest BCUT2D eigenvalue weighted by Crippen LogP contribution is 2.31. The molecule has 0 heterocycles. The second-order valence-corrected chi connectivity index (χ2v) is 3.55. The van der Waals surface area contributed by atoms with Gasteiger partial charge in [0, 0.05) is 5.56 Å². The molecule has 2 N–H and O–H groups in total. The highest BCUT2D eigenvalue weighted by atomic mass is 35.5. The van der Waals surface area contributed by atoms with Crippen LogP contribution < -0.4 is 5.32 Å². The summed E-state index contributed by atoms with van der Waals surface area (Å²) in [5.74, 6) is -0.950. The van der Waals surface area contributed by atoms with Gasteiger partial charge in [-0.25, -0.2) is 4.39 Å². The summed E-state index contributed by atoms with van der Waals surface area (Å²) in [4.78, 5) is 0. The predicted octanol–water partition coefficient (Wildman–Crippen LogP) is 2.26. The molecule has 0 saturated heterocycles. The SMILES string of the molecule is CNCCc1c(O)c(F)cc(C)c1Cl. The number of phenols is 1. The van der Waals surface area contributed by atoms with Crippen molar-refractivity contribution < 1.29 is 9.50 Å². The smallest absolute Gasteiger partial charge is 0.165 e. The van der Waals surface area contributed by atoms with Crippen LogP contribution in [0.15, 0.2) is 6.07 Å². The van der Waals surface area contributed by atoms with E-state index < -0.39 is 5.82 Å². The lowest BCUT2D eigenvalue weighted by Gasteiger charge is -2.10. The van der Waals surface area contributed by atoms with Gasteiger partial charge in [-0.1, -0.05) is 11.6 Å². The van der Waals surface area contributed by atoms with Crippen LogP contribution in [0.2, 0.25) is 5.02 Å². The van der Waals surface area contributed by atoms with Gasteiger partial charge in [-0.3, -0.25) is 0 Å². The average molecular weight is 218 g/mol. The number of rotatable bonds is 3. The van der Waals surface area contributed by atoms with Crippen molar-refractivity contribution in [1.82, 2.24) is 5.32 Å². The molecule has 0 unspecified atom stereocenters. The van der Waals surface area contributed by atoms with Crippen molar-refractivity contribution in [3.8, 4) is 5.75 Å². The van der Waals surface area contributed by atoms with Crippen LogP contribution in [0.4, 0.5) is 4.39 Å². The van der Waals surface area contributed by atoms with E-state index in [-0.39, 0.29) is 5.75 Å². The van der Waals surface area contributed by atoms with E-state index in [2.05, 4.69) is 5.32 Å². The Kier molecular flexibility index (Phi) is 3.72. The molecular formula is C10H13ClFNO. The average Bonchev–Trinajstić information content (AvgIpc) is 2.15. The van der Waals surface area contributed by atoms with Crippen LogP contribution in [0.3, 0.4) is 0 Å². The van der Waals surface area contributed by atoms with E-state index >= 15 is 0 Å². The molecule has 4 heteroatoms. The van der Waals surface area contributed by atoms with Gasteiger partial charge in [0.1, 0.15) is 0 Å². The highest BCUT2D eigenvalue weighted by molar-refractivity contribution is 6.32. The zero-order valence-electron chi connectivity index (χ0n) is 8.19. The number of halogens is 2. The van der Waals surface area contributed by atoms with Crippen molar-refractivity contribution in [2.45, 2.75) is 13.3 Å². The van der Waals surface area contributed by atoms with Gasteiger partial charge in [-0.2, -0.15) is 0 Å². The second kappa shape index (κ2) is 4.62. The van der Waals surface area contributed by atoms with Crippen LogP contribution in [0.1, 0.15) is 11.1 Å². The van der Waals surface area contributed by atoms with Crippen molar-refractivity contribution in [3.05, 3.63) is 28.0 Å². The van der Waals surface area contributed by atoms with Gasteiger partial charge >= 0.3 is 0 Å². The third-order valence-corrected chi connectivity index (χ3v) is 2.62. The van der Waals surface area contributed by atoms with E-state index in [4.69, 9.17) is 11.6 Å². The summed E-state index contributed by atoms with van der Waals surface area (Å²) in [6.45, 7) is 2.36. The van der Waals surface area contributed by atoms with Crippen LogP contribution in [0, 0.1) is 12.7 Å². The molecule has 0 saturated carbocycles. The molecule has 0 aliphatic carbocycles. The van der Waals surface area contributed by atoms with E-state index in [1.54, 1.807) is 14.0 Å². The maximum absolute atomic E-state index is 13.1. The van der Waals surface area contributed by atoms with Crippen LogP contribution in [0.5, 0.6) is 5.75 Å². The quantitative estimate of drug-likeness (QED) is 0.814. The molecular weight excluding hydrogens is 205 g/mol. The number of phenolic OH excluding ortho intramolecular Hbond substituents is 1. The Morgan fingerprint density at radius 2 is 2.21 bits per heavy atom. The number of hydrogen-bond donors (Lipinski definition) is 2. The second-order valence-electron chi connectivity index (χ2n) is 3.17. The summed E-state index contributed by atoms with van der Waals surface area (Å²) in [6, 6.07) is 1.24. The fourth-order valence-electron chi connectivity index (χ4n) is 1.29. The zero-order chi connectivity index (χ0) is 10.7. The zero-order valence-corrected chi connectivity index (χ0v) is 8.95. The molecule has 0 amide bonds. The first kappa shape index (κ1) is 11.3. The first-order valence-electron chi connectivity index (χ1n) is 4.39. The first-order chi connectivity index (χ1) is 6.57. The highest BCUT2D eigenvalue weighted by Gasteiger charge is 2.13. The number of benzene rings is 1. The fraction of sp³-hybridized carbons (Fsp3) is 0.400. The molecule has 2 nitrogen and oxygen atoms in total. The maximum atomic E-state index is 13.1. The van der Waals surface area contributed by atoms with Gasteiger partial charge in [0.15, 0.2) is 11.6 Å². The molecule has 0 aliphatic rings. The van der Waals surface area contributed by atoms with Gasteiger partial charge in [0.25, 0.3) is 0 Å². The number of aromatic hydroxyl groups is 1. The Hall–Kier alpha value is -0.800. The molecule has 1 rings (SSSR count).